The van der Waals surface area contributed by atoms with Crippen LogP contribution < -0.4 is 21.1 Å². The SMILES string of the molecule is O=C([O-])C(=O)[O-].O=[N+]([O-])O.Oc1cc2ccccc2cc1/C=N/NC(=S)N/N=C/c1cc2ccccc2cc1O.[Ce]. The molecule has 0 aliphatic heterocycles. The number of aromatic hydroxyl groups is 2. The Balaban J connectivity index is 0.000000661. The van der Waals surface area contributed by atoms with Crippen molar-refractivity contribution in [2.75, 3.05) is 0 Å². The van der Waals surface area contributed by atoms with Gasteiger partial charge in [-0.05, 0) is 58.0 Å². The number of hydrazone groups is 2. The number of benzene rings is 4. The van der Waals surface area contributed by atoms with Crippen LogP contribution in [-0.4, -0.2) is 50.0 Å². The molecule has 210 valence electrons. The second-order valence-corrected chi connectivity index (χ2v) is 7.81. The minimum atomic E-state index is -2.19. The summed E-state index contributed by atoms with van der Waals surface area (Å²) in [4.78, 5) is 26.2. The summed E-state index contributed by atoms with van der Waals surface area (Å²) in [6.07, 6.45) is 2.96. The van der Waals surface area contributed by atoms with E-state index in [4.69, 9.17) is 47.3 Å². The fraction of sp³-hybridized carbons (Fsp3) is 0. The van der Waals surface area contributed by atoms with Gasteiger partial charge >= 0.3 is 0 Å². The second kappa shape index (κ2) is 17.3. The molecule has 0 aromatic heterocycles. The summed E-state index contributed by atoms with van der Waals surface area (Å²) in [6, 6.07) is 22.5. The van der Waals surface area contributed by atoms with Gasteiger partial charge in [-0.1, -0.05) is 48.5 Å². The Bertz CT molecular complexity index is 1500. The number of phenols is 2. The van der Waals surface area contributed by atoms with Gasteiger partial charge in [-0.3, -0.25) is 10.9 Å². The fourth-order valence-corrected chi connectivity index (χ4v) is 3.15. The van der Waals surface area contributed by atoms with E-state index in [1.807, 2.05) is 60.7 Å². The standard InChI is InChI=1S/C23H18N4O2S.C2H2O4.Ce.HNO3/c28-21-11-17-7-3-1-5-15(17)9-19(21)13-24-26-23(30)27-25-14-20-10-16-6-2-4-8-18(16)12-22(20)29;3-1(4)2(5)6;;2-1(3)4/h1-14,28-29H,(H2,26,27,30);(H,3,4)(H,5,6);;(H,2,3,4)/p-2/b24-13+,25-14+;;;. The number of carboxylic acid groups (broad SMARTS) is 2. The molecule has 0 aliphatic rings. The molecule has 16 heteroatoms. The number of nitrogens with one attached hydrogen (secondary N) is 2. The third-order valence-corrected chi connectivity index (χ3v) is 4.88. The minimum Gasteiger partial charge on any atom is -0.543 e. The topological polar surface area (TPSA) is 233 Å². The number of carbonyl (C=O) groups is 2. The number of aliphatic carboxylic acids is 2. The van der Waals surface area contributed by atoms with Crippen molar-refractivity contribution < 1.29 is 82.1 Å². The molecule has 0 aliphatic carbocycles. The fourth-order valence-electron chi connectivity index (χ4n) is 3.04. The van der Waals surface area contributed by atoms with E-state index in [9.17, 15) is 10.2 Å². The third-order valence-electron chi connectivity index (χ3n) is 4.70. The molecule has 0 saturated carbocycles. The molecule has 4 aromatic rings. The number of phenolic OH excluding ortho intramolecular Hbond substituents is 2. The Morgan fingerprint density at radius 3 is 1.34 bits per heavy atom. The van der Waals surface area contributed by atoms with Gasteiger partial charge in [0.25, 0.3) is 5.09 Å². The largest absolute Gasteiger partial charge is 0.543 e. The first kappa shape index (κ1) is 34.6. The number of carbonyl (C=O) groups excluding carboxylic acids is 2. The first-order chi connectivity index (χ1) is 19.0. The number of hydrogen-bond acceptors (Lipinski definition) is 11. The molecule has 0 unspecified atom stereocenters. The third kappa shape index (κ3) is 12.1. The van der Waals surface area contributed by atoms with Gasteiger partial charge in [-0.2, -0.15) is 10.2 Å². The normalized spacial score (nSPS) is 10.0. The van der Waals surface area contributed by atoms with Gasteiger partial charge in [-0.15, -0.1) is 10.1 Å². The Kier molecular flexibility index (Phi) is 14.6. The van der Waals surface area contributed by atoms with Crippen LogP contribution in [0.3, 0.4) is 0 Å². The van der Waals surface area contributed by atoms with Gasteiger partial charge < -0.3 is 35.2 Å². The van der Waals surface area contributed by atoms with Crippen LogP contribution in [0, 0.1) is 51.9 Å². The molecule has 0 bridgehead atoms. The predicted octanol–water partition coefficient (Wildman–Crippen LogP) is 0.375. The molecule has 0 heterocycles. The number of rotatable bonds is 4. The Morgan fingerprint density at radius 2 is 1.05 bits per heavy atom. The van der Waals surface area contributed by atoms with Crippen molar-refractivity contribution in [3.05, 3.63) is 94.0 Å². The maximum Gasteiger partial charge on any atom is 0.291 e. The van der Waals surface area contributed by atoms with Gasteiger partial charge in [0.15, 0.2) is 0 Å². The van der Waals surface area contributed by atoms with Crippen molar-refractivity contribution in [1.82, 2.24) is 10.9 Å². The van der Waals surface area contributed by atoms with E-state index in [2.05, 4.69) is 21.1 Å². The summed E-state index contributed by atoms with van der Waals surface area (Å²) in [7, 11) is 0. The molecule has 4 aromatic carbocycles. The molecule has 0 radical (unpaired) electrons. The zero-order valence-electron chi connectivity index (χ0n) is 20.6. The molecule has 4 rings (SSSR count). The van der Waals surface area contributed by atoms with Gasteiger partial charge in [-0.25, -0.2) is 0 Å². The van der Waals surface area contributed by atoms with Crippen LogP contribution in [-0.2, 0) is 9.59 Å². The summed E-state index contributed by atoms with van der Waals surface area (Å²) >= 11 is 5.13. The molecule has 0 fully saturated rings. The van der Waals surface area contributed by atoms with Crippen molar-refractivity contribution in [2.45, 2.75) is 0 Å². The number of hydrogen-bond donors (Lipinski definition) is 5. The average Bonchev–Trinajstić information content (AvgIpc) is 2.89. The van der Waals surface area contributed by atoms with Crippen molar-refractivity contribution in [3.63, 3.8) is 0 Å². The van der Waals surface area contributed by atoms with E-state index >= 15 is 0 Å². The van der Waals surface area contributed by atoms with Crippen LogP contribution in [0.2, 0.25) is 0 Å². The Morgan fingerprint density at radius 1 is 0.756 bits per heavy atom. The van der Waals surface area contributed by atoms with Crippen molar-refractivity contribution in [1.29, 1.82) is 0 Å². The van der Waals surface area contributed by atoms with E-state index in [1.165, 1.54) is 12.4 Å². The summed E-state index contributed by atoms with van der Waals surface area (Å²) in [6.45, 7) is 0. The van der Waals surface area contributed by atoms with Crippen LogP contribution in [0.25, 0.3) is 21.5 Å². The van der Waals surface area contributed by atoms with Crippen molar-refractivity contribution >= 4 is 63.2 Å². The number of nitrogens with zero attached hydrogens (tertiary/aromatic N) is 3. The minimum absolute atomic E-state index is 0. The number of fused-ring (bicyclic) bond motifs is 2. The van der Waals surface area contributed by atoms with Gasteiger partial charge in [0, 0.05) is 52.9 Å². The van der Waals surface area contributed by atoms with Crippen LogP contribution in [0.15, 0.2) is 83.0 Å². The molecular formula is C25H19CeN5O9S-2. The van der Waals surface area contributed by atoms with Crippen LogP contribution in [0.1, 0.15) is 11.1 Å². The maximum absolute atomic E-state index is 10.1. The van der Waals surface area contributed by atoms with Gasteiger partial charge in [0.1, 0.15) is 11.5 Å². The second-order valence-electron chi connectivity index (χ2n) is 7.40. The molecule has 41 heavy (non-hydrogen) atoms. The quantitative estimate of drug-likeness (QED) is 0.0638. The Hall–Kier alpha value is -4.45. The Labute approximate surface area is 270 Å². The first-order valence-electron chi connectivity index (χ1n) is 10.8. The zero-order chi connectivity index (χ0) is 29.7. The summed E-state index contributed by atoms with van der Waals surface area (Å²) in [5, 5.41) is 63.9. The van der Waals surface area contributed by atoms with Crippen molar-refractivity contribution in [2.24, 2.45) is 10.2 Å². The smallest absolute Gasteiger partial charge is 0.291 e. The predicted molar refractivity (Wildman–Crippen MR) is 144 cm³/mol. The van der Waals surface area contributed by atoms with E-state index < -0.39 is 17.0 Å². The molecular weight excluding hydrogens is 686 g/mol. The monoisotopic (exact) mass is 705 g/mol. The molecule has 5 N–H and O–H groups in total. The molecule has 0 saturated heterocycles. The van der Waals surface area contributed by atoms with E-state index in [1.54, 1.807) is 12.1 Å². The molecule has 0 spiro atoms. The summed E-state index contributed by atoms with van der Waals surface area (Å²) in [5.41, 5.74) is 6.41. The maximum atomic E-state index is 10.1. The van der Waals surface area contributed by atoms with Gasteiger partial charge in [0.05, 0.1) is 24.4 Å². The van der Waals surface area contributed by atoms with E-state index in [-0.39, 0.29) is 58.4 Å². The summed E-state index contributed by atoms with van der Waals surface area (Å²) < 4.78 is 0. The first-order valence-corrected chi connectivity index (χ1v) is 11.2. The van der Waals surface area contributed by atoms with E-state index in [0.29, 0.717) is 11.1 Å². The van der Waals surface area contributed by atoms with Crippen LogP contribution >= 0.6 is 12.2 Å². The van der Waals surface area contributed by atoms with Crippen LogP contribution in [0.4, 0.5) is 0 Å². The van der Waals surface area contributed by atoms with Gasteiger partial charge in [0.2, 0.25) is 5.11 Å². The molecule has 0 amide bonds. The van der Waals surface area contributed by atoms with Crippen molar-refractivity contribution in [3.8, 4) is 11.5 Å². The number of carboxylic acids is 2. The zero-order valence-corrected chi connectivity index (χ0v) is 24.6. The molecule has 0 atom stereocenters. The van der Waals surface area contributed by atoms with Crippen LogP contribution in [0.5, 0.6) is 11.5 Å². The number of thiocarbonyl (C=S) groups is 1. The summed E-state index contributed by atoms with van der Waals surface area (Å²) in [5.74, 6) is -4.11. The average molecular weight is 706 g/mol. The van der Waals surface area contributed by atoms with E-state index in [0.717, 1.165) is 21.5 Å². The molecule has 14 nitrogen and oxygen atoms in total.